The summed E-state index contributed by atoms with van der Waals surface area (Å²) in [5.41, 5.74) is 4.29. The summed E-state index contributed by atoms with van der Waals surface area (Å²) in [7, 11) is 0. The highest BCUT2D eigenvalue weighted by Gasteiger charge is 2.27. The maximum Gasteiger partial charge on any atom is 0.0601 e. The fourth-order valence-corrected chi connectivity index (χ4v) is 4.10. The highest BCUT2D eigenvalue weighted by molar-refractivity contribution is 5.32. The van der Waals surface area contributed by atoms with Crippen LogP contribution in [0, 0.1) is 0 Å². The Balaban J connectivity index is 1.55. The normalized spacial score (nSPS) is 16.2. The van der Waals surface area contributed by atoms with E-state index >= 15 is 0 Å². The van der Waals surface area contributed by atoms with Gasteiger partial charge < -0.3 is 0 Å². The molecule has 3 aromatic rings. The summed E-state index contributed by atoms with van der Waals surface area (Å²) in [4.78, 5) is 2.66. The second kappa shape index (κ2) is 7.67. The van der Waals surface area contributed by atoms with Gasteiger partial charge in [0.05, 0.1) is 6.04 Å². The van der Waals surface area contributed by atoms with Crippen molar-refractivity contribution >= 4 is 0 Å². The summed E-state index contributed by atoms with van der Waals surface area (Å²) in [5, 5.41) is 0. The molecule has 3 aromatic carbocycles. The molecule has 1 nitrogen and oxygen atoms in total. The average molecular weight is 327 g/mol. The van der Waals surface area contributed by atoms with Gasteiger partial charge in [-0.1, -0.05) is 91.0 Å². The molecule has 1 aliphatic heterocycles. The van der Waals surface area contributed by atoms with Gasteiger partial charge in [-0.25, -0.2) is 0 Å². The Morgan fingerprint density at radius 3 is 1.52 bits per heavy atom. The SMILES string of the molecule is c1ccc(C2CCN(C(c3ccccc3)c3ccccc3)CC2)cc1. The van der Waals surface area contributed by atoms with Crippen LogP contribution in [-0.4, -0.2) is 18.0 Å². The van der Waals surface area contributed by atoms with Gasteiger partial charge in [0.2, 0.25) is 0 Å². The number of hydrogen-bond acceptors (Lipinski definition) is 1. The third-order valence-electron chi connectivity index (χ3n) is 5.40. The zero-order valence-corrected chi connectivity index (χ0v) is 14.6. The summed E-state index contributed by atoms with van der Waals surface area (Å²) in [5.74, 6) is 0.699. The molecule has 0 bridgehead atoms. The molecule has 1 fully saturated rings. The number of benzene rings is 3. The largest absolute Gasteiger partial charge is 0.292 e. The van der Waals surface area contributed by atoms with E-state index in [2.05, 4.69) is 95.9 Å². The van der Waals surface area contributed by atoms with E-state index in [-0.39, 0.29) is 0 Å². The highest BCUT2D eigenvalue weighted by Crippen LogP contribution is 2.35. The molecule has 0 radical (unpaired) electrons. The van der Waals surface area contributed by atoms with E-state index in [0.717, 1.165) is 13.1 Å². The number of piperidine rings is 1. The van der Waals surface area contributed by atoms with Crippen molar-refractivity contribution in [2.75, 3.05) is 13.1 Å². The minimum Gasteiger partial charge on any atom is -0.292 e. The van der Waals surface area contributed by atoms with Crippen molar-refractivity contribution in [3.8, 4) is 0 Å². The minimum absolute atomic E-state index is 0.360. The molecule has 4 rings (SSSR count). The fraction of sp³-hybridized carbons (Fsp3) is 0.250. The first-order chi connectivity index (χ1) is 12.4. The zero-order valence-electron chi connectivity index (χ0n) is 14.6. The lowest BCUT2D eigenvalue weighted by molar-refractivity contribution is 0.174. The zero-order chi connectivity index (χ0) is 16.9. The molecule has 0 atom stereocenters. The first-order valence-electron chi connectivity index (χ1n) is 9.31. The van der Waals surface area contributed by atoms with Gasteiger partial charge in [-0.3, -0.25) is 4.90 Å². The Bertz CT molecular complexity index is 719. The molecule has 1 heteroatoms. The van der Waals surface area contributed by atoms with Crippen LogP contribution >= 0.6 is 0 Å². The second-order valence-corrected chi connectivity index (χ2v) is 6.94. The number of likely N-dealkylation sites (tertiary alicyclic amines) is 1. The molecule has 0 aromatic heterocycles. The van der Waals surface area contributed by atoms with Crippen LogP contribution in [0.2, 0.25) is 0 Å². The average Bonchev–Trinajstić information content (AvgIpc) is 2.71. The van der Waals surface area contributed by atoms with Crippen LogP contribution < -0.4 is 0 Å². The van der Waals surface area contributed by atoms with Crippen LogP contribution in [0.4, 0.5) is 0 Å². The summed E-state index contributed by atoms with van der Waals surface area (Å²) in [6.45, 7) is 2.29. The Morgan fingerprint density at radius 1 is 0.600 bits per heavy atom. The van der Waals surface area contributed by atoms with Crippen molar-refractivity contribution < 1.29 is 0 Å². The summed E-state index contributed by atoms with van der Waals surface area (Å²) in [6, 6.07) is 33.3. The van der Waals surface area contributed by atoms with Crippen molar-refractivity contribution in [1.82, 2.24) is 4.90 Å². The molecule has 1 heterocycles. The molecule has 25 heavy (non-hydrogen) atoms. The Kier molecular flexibility index (Phi) is 4.94. The lowest BCUT2D eigenvalue weighted by atomic mass is 9.87. The third-order valence-corrected chi connectivity index (χ3v) is 5.40. The molecular weight excluding hydrogens is 302 g/mol. The first kappa shape index (κ1) is 16.1. The number of nitrogens with zero attached hydrogens (tertiary/aromatic N) is 1. The molecule has 0 aliphatic carbocycles. The van der Waals surface area contributed by atoms with Crippen molar-refractivity contribution in [2.24, 2.45) is 0 Å². The van der Waals surface area contributed by atoms with Gasteiger partial charge in [-0.2, -0.15) is 0 Å². The van der Waals surface area contributed by atoms with Gasteiger partial charge in [0.25, 0.3) is 0 Å². The number of hydrogen-bond donors (Lipinski definition) is 0. The predicted octanol–water partition coefficient (Wildman–Crippen LogP) is 5.66. The monoisotopic (exact) mass is 327 g/mol. The van der Waals surface area contributed by atoms with Gasteiger partial charge in [0.15, 0.2) is 0 Å². The lowest BCUT2D eigenvalue weighted by Gasteiger charge is -2.38. The predicted molar refractivity (Wildman–Crippen MR) is 105 cm³/mol. The summed E-state index contributed by atoms with van der Waals surface area (Å²) < 4.78 is 0. The molecule has 1 aliphatic rings. The summed E-state index contributed by atoms with van der Waals surface area (Å²) in [6.07, 6.45) is 2.47. The number of rotatable bonds is 4. The third kappa shape index (κ3) is 3.67. The highest BCUT2D eigenvalue weighted by atomic mass is 15.2. The molecule has 1 saturated heterocycles. The van der Waals surface area contributed by atoms with Crippen LogP contribution in [-0.2, 0) is 0 Å². The molecule has 126 valence electrons. The van der Waals surface area contributed by atoms with Gasteiger partial charge >= 0.3 is 0 Å². The molecular formula is C24H25N. The second-order valence-electron chi connectivity index (χ2n) is 6.94. The van der Waals surface area contributed by atoms with Gasteiger partial charge in [0, 0.05) is 0 Å². The Morgan fingerprint density at radius 2 is 1.04 bits per heavy atom. The van der Waals surface area contributed by atoms with Crippen molar-refractivity contribution in [1.29, 1.82) is 0 Å². The van der Waals surface area contributed by atoms with E-state index in [0.29, 0.717) is 12.0 Å². The van der Waals surface area contributed by atoms with Crippen LogP contribution in [0.3, 0.4) is 0 Å². The molecule has 0 saturated carbocycles. The van der Waals surface area contributed by atoms with Crippen molar-refractivity contribution in [3.63, 3.8) is 0 Å². The van der Waals surface area contributed by atoms with Crippen molar-refractivity contribution in [3.05, 3.63) is 108 Å². The quantitative estimate of drug-likeness (QED) is 0.598. The minimum atomic E-state index is 0.360. The van der Waals surface area contributed by atoms with Gasteiger partial charge in [0.1, 0.15) is 0 Å². The van der Waals surface area contributed by atoms with Gasteiger partial charge in [-0.15, -0.1) is 0 Å². The van der Waals surface area contributed by atoms with E-state index in [1.165, 1.54) is 29.5 Å². The molecule has 0 amide bonds. The van der Waals surface area contributed by atoms with Crippen LogP contribution in [0.1, 0.15) is 41.5 Å². The van der Waals surface area contributed by atoms with Crippen LogP contribution in [0.5, 0.6) is 0 Å². The topological polar surface area (TPSA) is 3.24 Å². The van der Waals surface area contributed by atoms with Gasteiger partial charge in [-0.05, 0) is 48.5 Å². The molecule has 0 N–H and O–H groups in total. The Hall–Kier alpha value is -2.38. The molecule has 0 spiro atoms. The Labute approximate surface area is 150 Å². The smallest absolute Gasteiger partial charge is 0.0601 e. The van der Waals surface area contributed by atoms with E-state index in [1.54, 1.807) is 0 Å². The van der Waals surface area contributed by atoms with E-state index in [9.17, 15) is 0 Å². The molecule has 0 unspecified atom stereocenters. The van der Waals surface area contributed by atoms with E-state index < -0.39 is 0 Å². The van der Waals surface area contributed by atoms with Crippen LogP contribution in [0.25, 0.3) is 0 Å². The fourth-order valence-electron chi connectivity index (χ4n) is 4.10. The maximum absolute atomic E-state index is 2.66. The lowest BCUT2D eigenvalue weighted by Crippen LogP contribution is -2.36. The van der Waals surface area contributed by atoms with Crippen LogP contribution in [0.15, 0.2) is 91.0 Å². The first-order valence-corrected chi connectivity index (χ1v) is 9.31. The van der Waals surface area contributed by atoms with Crippen molar-refractivity contribution in [2.45, 2.75) is 24.8 Å². The van der Waals surface area contributed by atoms with E-state index in [1.807, 2.05) is 0 Å². The maximum atomic E-state index is 2.66. The summed E-state index contributed by atoms with van der Waals surface area (Å²) >= 11 is 0. The van der Waals surface area contributed by atoms with E-state index in [4.69, 9.17) is 0 Å². The standard InChI is InChI=1S/C24H25N/c1-4-10-20(11-5-1)21-16-18-25(19-17-21)24(22-12-6-2-7-13-22)23-14-8-3-9-15-23/h1-15,21,24H,16-19H2.